The molecule has 0 heterocycles. The van der Waals surface area contributed by atoms with Gasteiger partial charge in [0.05, 0.1) is 14.2 Å². The van der Waals surface area contributed by atoms with Crippen LogP contribution >= 0.6 is 0 Å². The van der Waals surface area contributed by atoms with Crippen LogP contribution in [0.4, 0.5) is 0 Å². The van der Waals surface area contributed by atoms with Crippen molar-refractivity contribution in [1.82, 2.24) is 0 Å². The van der Waals surface area contributed by atoms with Crippen LogP contribution in [0.1, 0.15) is 17.2 Å². The Kier molecular flexibility index (Phi) is 3.73. The molecule has 5 heteroatoms. The van der Waals surface area contributed by atoms with Crippen LogP contribution < -0.4 is 15.2 Å². The van der Waals surface area contributed by atoms with E-state index in [1.54, 1.807) is 19.1 Å². The van der Waals surface area contributed by atoms with Crippen molar-refractivity contribution in [3.05, 3.63) is 23.3 Å². The number of hydrogen-bond donors (Lipinski definition) is 2. The van der Waals surface area contributed by atoms with E-state index in [9.17, 15) is 4.79 Å². The van der Waals surface area contributed by atoms with Gasteiger partial charge in [-0.2, -0.15) is 0 Å². The molecule has 0 radical (unpaired) electrons. The first-order chi connectivity index (χ1) is 7.51. The Hall–Kier alpha value is -1.75. The fourth-order valence-electron chi connectivity index (χ4n) is 1.54. The number of nitrogens with two attached hydrogens (primary N) is 1. The quantitative estimate of drug-likeness (QED) is 0.801. The van der Waals surface area contributed by atoms with E-state index in [1.807, 2.05) is 0 Å². The Bertz CT molecular complexity index is 403. The van der Waals surface area contributed by atoms with Crippen molar-refractivity contribution in [2.45, 2.75) is 13.0 Å². The Morgan fingerprint density at radius 3 is 2.44 bits per heavy atom. The summed E-state index contributed by atoms with van der Waals surface area (Å²) in [7, 11) is 3.00. The van der Waals surface area contributed by atoms with Crippen LogP contribution in [0, 0.1) is 6.92 Å². The number of ether oxygens (including phenoxy) is 2. The molecule has 0 fully saturated rings. The molecule has 0 aliphatic carbocycles. The first kappa shape index (κ1) is 12.3. The normalized spacial score (nSPS) is 12.0. The summed E-state index contributed by atoms with van der Waals surface area (Å²) in [5.41, 5.74) is 6.78. The first-order valence-corrected chi connectivity index (χ1v) is 4.72. The average molecular weight is 225 g/mol. The van der Waals surface area contributed by atoms with E-state index in [-0.39, 0.29) is 0 Å². The number of benzene rings is 1. The number of rotatable bonds is 4. The van der Waals surface area contributed by atoms with E-state index < -0.39 is 12.0 Å². The van der Waals surface area contributed by atoms with Gasteiger partial charge in [0.1, 0.15) is 17.5 Å². The fourth-order valence-corrected chi connectivity index (χ4v) is 1.54. The van der Waals surface area contributed by atoms with Gasteiger partial charge in [-0.25, -0.2) is 0 Å². The summed E-state index contributed by atoms with van der Waals surface area (Å²) in [5, 5.41) is 8.89. The van der Waals surface area contributed by atoms with Crippen molar-refractivity contribution in [3.63, 3.8) is 0 Å². The number of carbonyl (C=O) groups is 1. The number of carboxylic acid groups (broad SMARTS) is 1. The average Bonchev–Trinajstić information content (AvgIpc) is 2.26. The Balaban J connectivity index is 3.31. The largest absolute Gasteiger partial charge is 0.497 e. The number of hydrogen-bond acceptors (Lipinski definition) is 4. The van der Waals surface area contributed by atoms with Crippen LogP contribution in [-0.4, -0.2) is 25.3 Å². The molecule has 16 heavy (non-hydrogen) atoms. The van der Waals surface area contributed by atoms with E-state index in [0.717, 1.165) is 5.56 Å². The highest BCUT2D eigenvalue weighted by Crippen LogP contribution is 2.32. The lowest BCUT2D eigenvalue weighted by atomic mass is 10.0. The summed E-state index contributed by atoms with van der Waals surface area (Å²) in [6.45, 7) is 1.77. The lowest BCUT2D eigenvalue weighted by molar-refractivity contribution is -0.138. The van der Waals surface area contributed by atoms with Crippen molar-refractivity contribution < 1.29 is 19.4 Å². The standard InChI is InChI=1S/C11H15NO4/c1-6-4-7(15-2)5-8(16-3)9(6)10(12)11(13)14/h4-5,10H,12H2,1-3H3,(H,13,14)/t10-/m0/s1. The van der Waals surface area contributed by atoms with Crippen LogP contribution in [0.5, 0.6) is 11.5 Å². The molecule has 5 nitrogen and oxygen atoms in total. The molecule has 88 valence electrons. The van der Waals surface area contributed by atoms with Crippen molar-refractivity contribution in [2.75, 3.05) is 14.2 Å². The van der Waals surface area contributed by atoms with Gasteiger partial charge < -0.3 is 20.3 Å². The molecule has 0 aliphatic heterocycles. The van der Waals surface area contributed by atoms with Crippen LogP contribution in [-0.2, 0) is 4.79 Å². The maximum atomic E-state index is 10.9. The molecule has 0 amide bonds. The lowest BCUT2D eigenvalue weighted by Gasteiger charge is -2.16. The smallest absolute Gasteiger partial charge is 0.325 e. The Morgan fingerprint density at radius 2 is 2.00 bits per heavy atom. The monoisotopic (exact) mass is 225 g/mol. The van der Waals surface area contributed by atoms with Crippen molar-refractivity contribution in [2.24, 2.45) is 5.73 Å². The molecule has 0 spiro atoms. The molecule has 0 aromatic heterocycles. The zero-order chi connectivity index (χ0) is 12.3. The number of methoxy groups -OCH3 is 2. The van der Waals surface area contributed by atoms with Crippen LogP contribution in [0.25, 0.3) is 0 Å². The van der Waals surface area contributed by atoms with E-state index in [4.69, 9.17) is 20.3 Å². The summed E-state index contributed by atoms with van der Waals surface area (Å²) in [5.74, 6) is -0.0611. The third-order valence-electron chi connectivity index (χ3n) is 2.36. The van der Waals surface area contributed by atoms with Crippen molar-refractivity contribution in [1.29, 1.82) is 0 Å². The van der Waals surface area contributed by atoms with Gasteiger partial charge in [-0.1, -0.05) is 0 Å². The molecule has 0 unspecified atom stereocenters. The molecule has 0 aliphatic rings. The maximum Gasteiger partial charge on any atom is 0.325 e. The molecule has 1 aromatic rings. The molecular formula is C11H15NO4. The van der Waals surface area contributed by atoms with Gasteiger partial charge >= 0.3 is 5.97 Å². The highest BCUT2D eigenvalue weighted by Gasteiger charge is 2.21. The number of aryl methyl sites for hydroxylation is 1. The fraction of sp³-hybridized carbons (Fsp3) is 0.364. The summed E-state index contributed by atoms with van der Waals surface area (Å²) < 4.78 is 10.2. The van der Waals surface area contributed by atoms with E-state index >= 15 is 0 Å². The second kappa shape index (κ2) is 4.85. The van der Waals surface area contributed by atoms with Gasteiger partial charge in [-0.15, -0.1) is 0 Å². The van der Waals surface area contributed by atoms with Gasteiger partial charge in [0, 0.05) is 11.6 Å². The Labute approximate surface area is 93.8 Å². The molecule has 1 aromatic carbocycles. The highest BCUT2D eigenvalue weighted by molar-refractivity contribution is 5.77. The highest BCUT2D eigenvalue weighted by atomic mass is 16.5. The molecule has 3 N–H and O–H groups in total. The molecule has 1 rings (SSSR count). The minimum absolute atomic E-state index is 0.423. The van der Waals surface area contributed by atoms with E-state index in [0.29, 0.717) is 17.1 Å². The van der Waals surface area contributed by atoms with Gasteiger partial charge in [0.15, 0.2) is 0 Å². The number of aliphatic carboxylic acids is 1. The molecular weight excluding hydrogens is 210 g/mol. The minimum atomic E-state index is -1.10. The molecule has 0 saturated heterocycles. The summed E-state index contributed by atoms with van der Waals surface area (Å²) in [6, 6.07) is 2.24. The third-order valence-corrected chi connectivity index (χ3v) is 2.36. The van der Waals surface area contributed by atoms with E-state index in [1.165, 1.54) is 14.2 Å². The van der Waals surface area contributed by atoms with Crippen LogP contribution in [0.2, 0.25) is 0 Å². The third kappa shape index (κ3) is 2.25. The summed E-state index contributed by atoms with van der Waals surface area (Å²) in [6.07, 6.45) is 0. The Morgan fingerprint density at radius 1 is 1.38 bits per heavy atom. The van der Waals surface area contributed by atoms with Crippen LogP contribution in [0.3, 0.4) is 0 Å². The predicted octanol–water partition coefficient (Wildman–Crippen LogP) is 1.10. The van der Waals surface area contributed by atoms with Gasteiger partial charge in [0.25, 0.3) is 0 Å². The zero-order valence-electron chi connectivity index (χ0n) is 9.48. The van der Waals surface area contributed by atoms with Gasteiger partial charge in [0.2, 0.25) is 0 Å². The lowest BCUT2D eigenvalue weighted by Crippen LogP contribution is -2.22. The topological polar surface area (TPSA) is 81.8 Å². The zero-order valence-corrected chi connectivity index (χ0v) is 9.48. The maximum absolute atomic E-state index is 10.9. The number of carboxylic acids is 1. The second-order valence-electron chi connectivity index (χ2n) is 3.38. The van der Waals surface area contributed by atoms with Gasteiger partial charge in [-0.3, -0.25) is 4.79 Å². The summed E-state index contributed by atoms with van der Waals surface area (Å²) >= 11 is 0. The molecule has 0 saturated carbocycles. The van der Waals surface area contributed by atoms with E-state index in [2.05, 4.69) is 0 Å². The molecule has 0 bridgehead atoms. The minimum Gasteiger partial charge on any atom is -0.497 e. The SMILES string of the molecule is COc1cc(C)c([C@H](N)C(=O)O)c(OC)c1. The van der Waals surface area contributed by atoms with Gasteiger partial charge in [-0.05, 0) is 18.6 Å². The summed E-state index contributed by atoms with van der Waals surface area (Å²) in [4.78, 5) is 10.9. The van der Waals surface area contributed by atoms with Crippen molar-refractivity contribution >= 4 is 5.97 Å². The predicted molar refractivity (Wildman–Crippen MR) is 58.8 cm³/mol. The first-order valence-electron chi connectivity index (χ1n) is 4.72. The second-order valence-corrected chi connectivity index (χ2v) is 3.38. The van der Waals surface area contributed by atoms with Crippen molar-refractivity contribution in [3.8, 4) is 11.5 Å². The molecule has 1 atom stereocenters. The van der Waals surface area contributed by atoms with Crippen LogP contribution in [0.15, 0.2) is 12.1 Å².